The molecule has 4 heteroatoms. The third-order valence-corrected chi connectivity index (χ3v) is 4.10. The minimum atomic E-state index is 0.430. The molecular formula is C16H21N3O. The van der Waals surface area contributed by atoms with Crippen LogP contribution in [0.1, 0.15) is 36.6 Å². The molecular weight excluding hydrogens is 250 g/mol. The lowest BCUT2D eigenvalue weighted by molar-refractivity contribution is 0.414. The second kappa shape index (κ2) is 5.67. The summed E-state index contributed by atoms with van der Waals surface area (Å²) in [6, 6.07) is 8.52. The van der Waals surface area contributed by atoms with E-state index >= 15 is 0 Å². The van der Waals surface area contributed by atoms with Gasteiger partial charge in [-0.2, -0.15) is 5.10 Å². The summed E-state index contributed by atoms with van der Waals surface area (Å²) in [7, 11) is 3.72. The molecule has 20 heavy (non-hydrogen) atoms. The number of nitrogens with zero attached hydrogens (tertiary/aromatic N) is 2. The maximum Gasteiger partial charge on any atom is 0.119 e. The highest BCUT2D eigenvalue weighted by Crippen LogP contribution is 2.30. The largest absolute Gasteiger partial charge is 0.497 e. The highest BCUT2D eigenvalue weighted by Gasteiger charge is 2.21. The van der Waals surface area contributed by atoms with Gasteiger partial charge in [0.1, 0.15) is 5.75 Å². The van der Waals surface area contributed by atoms with E-state index in [-0.39, 0.29) is 0 Å². The first-order valence-corrected chi connectivity index (χ1v) is 7.22. The first-order valence-electron chi connectivity index (χ1n) is 7.22. The summed E-state index contributed by atoms with van der Waals surface area (Å²) in [5.74, 6) is 0.875. The first-order chi connectivity index (χ1) is 9.83. The predicted octanol–water partition coefficient (Wildman–Crippen LogP) is 2.87. The van der Waals surface area contributed by atoms with Gasteiger partial charge in [0.05, 0.1) is 19.0 Å². The molecule has 4 nitrogen and oxygen atoms in total. The molecule has 0 saturated heterocycles. The van der Waals surface area contributed by atoms with Crippen LogP contribution in [0.2, 0.25) is 0 Å². The van der Waals surface area contributed by atoms with Crippen LogP contribution in [0.25, 0.3) is 5.69 Å². The summed E-state index contributed by atoms with van der Waals surface area (Å²) in [6.07, 6.45) is 6.80. The molecule has 3 rings (SSSR count). The maximum absolute atomic E-state index is 5.21. The lowest BCUT2D eigenvalue weighted by Crippen LogP contribution is -2.16. The van der Waals surface area contributed by atoms with E-state index in [0.29, 0.717) is 6.04 Å². The molecule has 2 aromatic rings. The van der Waals surface area contributed by atoms with Crippen molar-refractivity contribution in [3.63, 3.8) is 0 Å². The third kappa shape index (κ3) is 2.31. The number of ether oxygens (including phenoxy) is 1. The average Bonchev–Trinajstić information content (AvgIpc) is 2.80. The lowest BCUT2D eigenvalue weighted by atomic mass is 10.1. The Morgan fingerprint density at radius 2 is 2.05 bits per heavy atom. The molecule has 106 valence electrons. The Bertz CT molecular complexity index is 574. The monoisotopic (exact) mass is 271 g/mol. The fraction of sp³-hybridized carbons (Fsp3) is 0.438. The Labute approximate surface area is 119 Å². The predicted molar refractivity (Wildman–Crippen MR) is 79.5 cm³/mol. The molecule has 0 amide bonds. The molecule has 0 bridgehead atoms. The second-order valence-corrected chi connectivity index (χ2v) is 5.24. The van der Waals surface area contributed by atoms with Crippen molar-refractivity contribution in [3.05, 3.63) is 41.7 Å². The van der Waals surface area contributed by atoms with Crippen molar-refractivity contribution in [1.82, 2.24) is 15.1 Å². The molecule has 0 saturated carbocycles. The Balaban J connectivity index is 2.00. The van der Waals surface area contributed by atoms with E-state index in [0.717, 1.165) is 17.9 Å². The average molecular weight is 271 g/mol. The van der Waals surface area contributed by atoms with Crippen LogP contribution in [0.5, 0.6) is 5.75 Å². The van der Waals surface area contributed by atoms with Crippen molar-refractivity contribution in [3.8, 4) is 11.4 Å². The number of aromatic nitrogens is 2. The van der Waals surface area contributed by atoms with Gasteiger partial charge in [0, 0.05) is 17.3 Å². The van der Waals surface area contributed by atoms with E-state index in [2.05, 4.69) is 27.2 Å². The van der Waals surface area contributed by atoms with E-state index in [1.165, 1.54) is 30.5 Å². The van der Waals surface area contributed by atoms with Crippen LogP contribution in [0.3, 0.4) is 0 Å². The van der Waals surface area contributed by atoms with E-state index in [1.54, 1.807) is 7.11 Å². The number of fused-ring (bicyclic) bond motifs is 1. The van der Waals surface area contributed by atoms with Gasteiger partial charge in [-0.25, -0.2) is 4.68 Å². The zero-order valence-electron chi connectivity index (χ0n) is 12.1. The minimum Gasteiger partial charge on any atom is -0.497 e. The van der Waals surface area contributed by atoms with Crippen molar-refractivity contribution in [2.24, 2.45) is 0 Å². The summed E-state index contributed by atoms with van der Waals surface area (Å²) < 4.78 is 7.29. The smallest absolute Gasteiger partial charge is 0.119 e. The topological polar surface area (TPSA) is 39.1 Å². The number of rotatable bonds is 3. The normalized spacial score (nSPS) is 18.4. The minimum absolute atomic E-state index is 0.430. The standard InChI is InChI=1S/C16H21N3O/c1-17-15-5-3-4-6-16-14(15)11-18-19(16)12-7-9-13(20-2)10-8-12/h7-11,15,17H,3-6H2,1-2H3. The number of benzene rings is 1. The van der Waals surface area contributed by atoms with Crippen LogP contribution in [0, 0.1) is 0 Å². The molecule has 1 aliphatic carbocycles. The van der Waals surface area contributed by atoms with Gasteiger partial charge in [0.15, 0.2) is 0 Å². The molecule has 1 aromatic heterocycles. The Hall–Kier alpha value is -1.81. The van der Waals surface area contributed by atoms with Gasteiger partial charge in [0.2, 0.25) is 0 Å². The van der Waals surface area contributed by atoms with Gasteiger partial charge in [0.25, 0.3) is 0 Å². The Morgan fingerprint density at radius 1 is 1.25 bits per heavy atom. The number of nitrogens with one attached hydrogen (secondary N) is 1. The van der Waals surface area contributed by atoms with Crippen LogP contribution in [0.4, 0.5) is 0 Å². The van der Waals surface area contributed by atoms with Gasteiger partial charge < -0.3 is 10.1 Å². The number of methoxy groups -OCH3 is 1. The fourth-order valence-electron chi connectivity index (χ4n) is 2.97. The van der Waals surface area contributed by atoms with Gasteiger partial charge >= 0.3 is 0 Å². The molecule has 0 fully saturated rings. The van der Waals surface area contributed by atoms with Gasteiger partial charge in [-0.15, -0.1) is 0 Å². The van der Waals surface area contributed by atoms with E-state index in [9.17, 15) is 0 Å². The van der Waals surface area contributed by atoms with Crippen molar-refractivity contribution < 1.29 is 4.74 Å². The molecule has 1 N–H and O–H groups in total. The van der Waals surface area contributed by atoms with Crippen molar-refractivity contribution in [2.45, 2.75) is 31.7 Å². The second-order valence-electron chi connectivity index (χ2n) is 5.24. The molecule has 0 aliphatic heterocycles. The fourth-order valence-corrected chi connectivity index (χ4v) is 2.97. The van der Waals surface area contributed by atoms with Gasteiger partial charge in [-0.05, 0) is 50.6 Å². The zero-order chi connectivity index (χ0) is 13.9. The van der Waals surface area contributed by atoms with Crippen LogP contribution in [-0.4, -0.2) is 23.9 Å². The maximum atomic E-state index is 5.21. The SMILES string of the molecule is CNC1CCCCc2c1cnn2-c1ccc(OC)cc1. The van der Waals surface area contributed by atoms with Gasteiger partial charge in [-0.1, -0.05) is 6.42 Å². The van der Waals surface area contributed by atoms with Crippen molar-refractivity contribution >= 4 is 0 Å². The zero-order valence-corrected chi connectivity index (χ0v) is 12.1. The summed E-state index contributed by atoms with van der Waals surface area (Å²) in [5, 5.41) is 8.01. The van der Waals surface area contributed by atoms with Crippen LogP contribution in [0.15, 0.2) is 30.5 Å². The van der Waals surface area contributed by atoms with Crippen molar-refractivity contribution in [2.75, 3.05) is 14.2 Å². The van der Waals surface area contributed by atoms with E-state index in [1.807, 2.05) is 25.4 Å². The molecule has 1 aliphatic rings. The molecule has 1 unspecified atom stereocenters. The molecule has 1 atom stereocenters. The summed E-state index contributed by atoms with van der Waals surface area (Å²) >= 11 is 0. The van der Waals surface area contributed by atoms with E-state index in [4.69, 9.17) is 4.74 Å². The third-order valence-electron chi connectivity index (χ3n) is 4.10. The number of hydrogen-bond acceptors (Lipinski definition) is 3. The number of hydrogen-bond donors (Lipinski definition) is 1. The Morgan fingerprint density at radius 3 is 2.75 bits per heavy atom. The van der Waals surface area contributed by atoms with Crippen LogP contribution < -0.4 is 10.1 Å². The van der Waals surface area contributed by atoms with Gasteiger partial charge in [-0.3, -0.25) is 0 Å². The summed E-state index contributed by atoms with van der Waals surface area (Å²) in [5.41, 5.74) is 3.79. The van der Waals surface area contributed by atoms with Crippen LogP contribution in [-0.2, 0) is 6.42 Å². The quantitative estimate of drug-likeness (QED) is 0.872. The molecule has 0 radical (unpaired) electrons. The summed E-state index contributed by atoms with van der Waals surface area (Å²) in [4.78, 5) is 0. The molecule has 0 spiro atoms. The molecule has 1 aromatic carbocycles. The van der Waals surface area contributed by atoms with Crippen LogP contribution >= 0.6 is 0 Å². The highest BCUT2D eigenvalue weighted by atomic mass is 16.5. The van der Waals surface area contributed by atoms with E-state index < -0.39 is 0 Å². The lowest BCUT2D eigenvalue weighted by Gasteiger charge is -2.13. The first kappa shape index (κ1) is 13.2. The molecule has 1 heterocycles. The highest BCUT2D eigenvalue weighted by molar-refractivity contribution is 5.40. The summed E-state index contributed by atoms with van der Waals surface area (Å²) in [6.45, 7) is 0. The Kier molecular flexibility index (Phi) is 3.74. The van der Waals surface area contributed by atoms with Crippen molar-refractivity contribution in [1.29, 1.82) is 0 Å².